The van der Waals surface area contributed by atoms with E-state index in [-0.39, 0.29) is 0 Å². The third-order valence-electron chi connectivity index (χ3n) is 8.29. The van der Waals surface area contributed by atoms with Crippen molar-refractivity contribution >= 4 is 45.2 Å². The standard InChI is InChI=1S/C43H31N3O/c1-4-12-32(13-5-1)33-20-24-37(25-21-33)46(38-26-22-34(23-27-38)43-44-41-18-10-11-19-42(41)47-43)40-30-28-39(29-31-40)45(35-14-6-2-7-15-35)36-16-8-3-9-17-36/h1-31H. The summed E-state index contributed by atoms with van der Waals surface area (Å²) >= 11 is 0. The van der Waals surface area contributed by atoms with Gasteiger partial charge in [-0.25, -0.2) is 4.98 Å². The highest BCUT2D eigenvalue weighted by Gasteiger charge is 2.17. The Morgan fingerprint density at radius 1 is 0.319 bits per heavy atom. The Morgan fingerprint density at radius 2 is 0.681 bits per heavy atom. The van der Waals surface area contributed by atoms with Crippen LogP contribution < -0.4 is 9.80 Å². The van der Waals surface area contributed by atoms with Crippen molar-refractivity contribution in [3.8, 4) is 22.6 Å². The number of hydrogen-bond donors (Lipinski definition) is 0. The molecule has 7 aromatic carbocycles. The predicted molar refractivity (Wildman–Crippen MR) is 194 cm³/mol. The zero-order chi connectivity index (χ0) is 31.4. The van der Waals surface area contributed by atoms with E-state index < -0.39 is 0 Å². The molecule has 1 heterocycles. The van der Waals surface area contributed by atoms with Gasteiger partial charge in [-0.05, 0) is 108 Å². The molecule has 0 aliphatic heterocycles. The summed E-state index contributed by atoms with van der Waals surface area (Å²) in [5.41, 5.74) is 11.4. The minimum Gasteiger partial charge on any atom is -0.436 e. The maximum absolute atomic E-state index is 6.06. The Morgan fingerprint density at radius 3 is 1.17 bits per heavy atom. The summed E-state index contributed by atoms with van der Waals surface area (Å²) in [6, 6.07) is 65.2. The van der Waals surface area contributed by atoms with E-state index in [2.05, 4.69) is 155 Å². The van der Waals surface area contributed by atoms with Crippen molar-refractivity contribution in [2.75, 3.05) is 9.80 Å². The van der Waals surface area contributed by atoms with Crippen molar-refractivity contribution in [1.82, 2.24) is 4.98 Å². The molecule has 4 nitrogen and oxygen atoms in total. The lowest BCUT2D eigenvalue weighted by Gasteiger charge is -2.28. The summed E-state index contributed by atoms with van der Waals surface area (Å²) in [6.07, 6.45) is 0. The number of oxazole rings is 1. The van der Waals surface area contributed by atoms with E-state index in [1.165, 1.54) is 11.1 Å². The van der Waals surface area contributed by atoms with E-state index in [4.69, 9.17) is 9.40 Å². The van der Waals surface area contributed by atoms with Gasteiger partial charge in [0.05, 0.1) is 0 Å². The van der Waals surface area contributed by atoms with E-state index in [9.17, 15) is 0 Å². The highest BCUT2D eigenvalue weighted by Crippen LogP contribution is 2.40. The highest BCUT2D eigenvalue weighted by molar-refractivity contribution is 5.83. The summed E-state index contributed by atoms with van der Waals surface area (Å²) in [6.45, 7) is 0. The number of benzene rings is 7. The van der Waals surface area contributed by atoms with Gasteiger partial charge in [-0.1, -0.05) is 91.0 Å². The van der Waals surface area contributed by atoms with Crippen LogP contribution in [0.15, 0.2) is 192 Å². The molecular weight excluding hydrogens is 574 g/mol. The second-order valence-electron chi connectivity index (χ2n) is 11.3. The molecule has 0 aliphatic carbocycles. The summed E-state index contributed by atoms with van der Waals surface area (Å²) < 4.78 is 6.06. The van der Waals surface area contributed by atoms with Crippen LogP contribution in [0.25, 0.3) is 33.7 Å². The molecule has 0 unspecified atom stereocenters. The first-order valence-electron chi connectivity index (χ1n) is 15.7. The molecule has 0 atom stereocenters. The van der Waals surface area contributed by atoms with Crippen LogP contribution in [-0.2, 0) is 0 Å². The molecule has 0 bridgehead atoms. The third-order valence-corrected chi connectivity index (χ3v) is 8.29. The van der Waals surface area contributed by atoms with Gasteiger partial charge in [-0.15, -0.1) is 0 Å². The number of anilines is 6. The Balaban J connectivity index is 1.18. The summed E-state index contributed by atoms with van der Waals surface area (Å²) in [4.78, 5) is 9.26. The van der Waals surface area contributed by atoms with Crippen LogP contribution in [0.2, 0.25) is 0 Å². The topological polar surface area (TPSA) is 32.5 Å². The highest BCUT2D eigenvalue weighted by atomic mass is 16.3. The van der Waals surface area contributed by atoms with E-state index in [1.54, 1.807) is 0 Å². The quantitative estimate of drug-likeness (QED) is 0.172. The van der Waals surface area contributed by atoms with Crippen LogP contribution in [0.1, 0.15) is 0 Å². The van der Waals surface area contributed by atoms with Gasteiger partial charge < -0.3 is 14.2 Å². The Hall–Kier alpha value is -6.39. The molecule has 224 valence electrons. The van der Waals surface area contributed by atoms with Gasteiger partial charge in [0.15, 0.2) is 5.58 Å². The fraction of sp³-hybridized carbons (Fsp3) is 0. The Bertz CT molecular complexity index is 2140. The predicted octanol–water partition coefficient (Wildman–Crippen LogP) is 12.1. The number of nitrogens with zero attached hydrogens (tertiary/aromatic N) is 3. The molecule has 1 aromatic heterocycles. The lowest BCUT2D eigenvalue weighted by Crippen LogP contribution is -2.12. The molecule has 47 heavy (non-hydrogen) atoms. The zero-order valence-electron chi connectivity index (χ0n) is 25.6. The minimum absolute atomic E-state index is 0.614. The minimum atomic E-state index is 0.614. The van der Waals surface area contributed by atoms with Crippen molar-refractivity contribution in [1.29, 1.82) is 0 Å². The molecule has 8 aromatic rings. The first kappa shape index (κ1) is 28.1. The average molecular weight is 606 g/mol. The molecule has 0 spiro atoms. The summed E-state index contributed by atoms with van der Waals surface area (Å²) in [5.74, 6) is 0.614. The number of aromatic nitrogens is 1. The molecule has 8 rings (SSSR count). The molecular formula is C43H31N3O. The second-order valence-corrected chi connectivity index (χ2v) is 11.3. The van der Waals surface area contributed by atoms with Crippen molar-refractivity contribution in [2.45, 2.75) is 0 Å². The van der Waals surface area contributed by atoms with Crippen LogP contribution in [0.3, 0.4) is 0 Å². The van der Waals surface area contributed by atoms with Gasteiger partial charge in [0, 0.05) is 39.7 Å². The summed E-state index contributed by atoms with van der Waals surface area (Å²) in [7, 11) is 0. The number of para-hydroxylation sites is 4. The van der Waals surface area contributed by atoms with E-state index in [0.717, 1.165) is 50.8 Å². The molecule has 0 N–H and O–H groups in total. The molecule has 0 amide bonds. The van der Waals surface area contributed by atoms with E-state index >= 15 is 0 Å². The lowest BCUT2D eigenvalue weighted by molar-refractivity contribution is 0.620. The van der Waals surface area contributed by atoms with Crippen LogP contribution in [0.4, 0.5) is 34.1 Å². The van der Waals surface area contributed by atoms with E-state index in [0.29, 0.717) is 5.89 Å². The van der Waals surface area contributed by atoms with Crippen LogP contribution in [0.5, 0.6) is 0 Å². The maximum Gasteiger partial charge on any atom is 0.227 e. The molecule has 0 radical (unpaired) electrons. The molecule has 0 fully saturated rings. The van der Waals surface area contributed by atoms with Crippen LogP contribution in [0, 0.1) is 0 Å². The van der Waals surface area contributed by atoms with Crippen molar-refractivity contribution < 1.29 is 4.42 Å². The van der Waals surface area contributed by atoms with Crippen LogP contribution in [-0.4, -0.2) is 4.98 Å². The fourth-order valence-electron chi connectivity index (χ4n) is 5.98. The third kappa shape index (κ3) is 5.76. The number of fused-ring (bicyclic) bond motifs is 1. The molecule has 0 saturated carbocycles. The fourth-order valence-corrected chi connectivity index (χ4v) is 5.98. The smallest absolute Gasteiger partial charge is 0.227 e. The van der Waals surface area contributed by atoms with Gasteiger partial charge in [0.2, 0.25) is 5.89 Å². The monoisotopic (exact) mass is 605 g/mol. The zero-order valence-corrected chi connectivity index (χ0v) is 25.6. The van der Waals surface area contributed by atoms with Gasteiger partial charge in [-0.3, -0.25) is 0 Å². The van der Waals surface area contributed by atoms with E-state index in [1.807, 2.05) is 42.5 Å². The Labute approximate surface area is 274 Å². The van der Waals surface area contributed by atoms with Gasteiger partial charge >= 0.3 is 0 Å². The molecule has 4 heteroatoms. The van der Waals surface area contributed by atoms with Crippen molar-refractivity contribution in [2.24, 2.45) is 0 Å². The van der Waals surface area contributed by atoms with Crippen molar-refractivity contribution in [3.05, 3.63) is 188 Å². The SMILES string of the molecule is c1ccc(-c2ccc(N(c3ccc(-c4nc5ccccc5o4)cc3)c3ccc(N(c4ccccc4)c4ccccc4)cc3)cc2)cc1. The van der Waals surface area contributed by atoms with Gasteiger partial charge in [0.1, 0.15) is 5.52 Å². The van der Waals surface area contributed by atoms with Gasteiger partial charge in [0.25, 0.3) is 0 Å². The molecule has 0 aliphatic rings. The van der Waals surface area contributed by atoms with Crippen LogP contribution >= 0.6 is 0 Å². The average Bonchev–Trinajstić information content (AvgIpc) is 3.59. The normalized spacial score (nSPS) is 11.0. The first-order chi connectivity index (χ1) is 23.3. The second kappa shape index (κ2) is 12.5. The van der Waals surface area contributed by atoms with Crippen molar-refractivity contribution in [3.63, 3.8) is 0 Å². The summed E-state index contributed by atoms with van der Waals surface area (Å²) in [5, 5.41) is 0. The lowest BCUT2D eigenvalue weighted by atomic mass is 10.0. The number of hydrogen-bond acceptors (Lipinski definition) is 4. The molecule has 0 saturated heterocycles. The first-order valence-corrected chi connectivity index (χ1v) is 15.7. The maximum atomic E-state index is 6.06. The Kier molecular flexibility index (Phi) is 7.50. The number of rotatable bonds is 8. The largest absolute Gasteiger partial charge is 0.436 e. The van der Waals surface area contributed by atoms with Gasteiger partial charge in [-0.2, -0.15) is 0 Å².